The van der Waals surface area contributed by atoms with Crippen molar-refractivity contribution in [3.05, 3.63) is 48.0 Å². The Morgan fingerprint density at radius 1 is 1.10 bits per heavy atom. The SMILES string of the molecule is CCS(=O)(=O)N(CC(=O)NCCOc1ccc(C)cc1)c1ccc2c(c1)OCCO2. The summed E-state index contributed by atoms with van der Waals surface area (Å²) in [4.78, 5) is 12.4. The standard InChI is InChI=1S/C21H26N2O6S/c1-3-30(25,26)23(17-6-9-19-20(14-17)29-13-12-28-19)15-21(24)22-10-11-27-18-7-4-16(2)5-8-18/h4-9,14H,3,10-13,15H2,1-2H3,(H,22,24). The highest BCUT2D eigenvalue weighted by atomic mass is 32.2. The van der Waals surface area contributed by atoms with Crippen LogP contribution in [0.1, 0.15) is 12.5 Å². The summed E-state index contributed by atoms with van der Waals surface area (Å²) < 4.78 is 42.9. The van der Waals surface area contributed by atoms with Gasteiger partial charge in [-0.05, 0) is 38.1 Å². The maximum absolute atomic E-state index is 12.6. The molecule has 0 bridgehead atoms. The first-order valence-corrected chi connectivity index (χ1v) is 11.4. The van der Waals surface area contributed by atoms with Crippen LogP contribution >= 0.6 is 0 Å². The quantitative estimate of drug-likeness (QED) is 0.608. The molecule has 0 unspecified atom stereocenters. The number of ether oxygens (including phenoxy) is 3. The van der Waals surface area contributed by atoms with Gasteiger partial charge in [0, 0.05) is 6.07 Å². The second-order valence-corrected chi connectivity index (χ2v) is 8.93. The zero-order valence-corrected chi connectivity index (χ0v) is 17.9. The van der Waals surface area contributed by atoms with Crippen molar-refractivity contribution in [2.45, 2.75) is 13.8 Å². The molecule has 0 fully saturated rings. The number of sulfonamides is 1. The first kappa shape index (κ1) is 21.8. The van der Waals surface area contributed by atoms with E-state index >= 15 is 0 Å². The van der Waals surface area contributed by atoms with Crippen molar-refractivity contribution in [2.24, 2.45) is 0 Å². The Labute approximate surface area is 176 Å². The number of anilines is 1. The van der Waals surface area contributed by atoms with Gasteiger partial charge in [0.15, 0.2) is 11.5 Å². The summed E-state index contributed by atoms with van der Waals surface area (Å²) in [6.07, 6.45) is 0. The van der Waals surface area contributed by atoms with E-state index in [1.165, 1.54) is 6.92 Å². The summed E-state index contributed by atoms with van der Waals surface area (Å²) in [5.74, 6) is 1.17. The van der Waals surface area contributed by atoms with Crippen molar-refractivity contribution >= 4 is 21.6 Å². The fraction of sp³-hybridized carbons (Fsp3) is 0.381. The molecule has 30 heavy (non-hydrogen) atoms. The summed E-state index contributed by atoms with van der Waals surface area (Å²) in [6, 6.07) is 12.4. The van der Waals surface area contributed by atoms with Crippen LogP contribution in [-0.2, 0) is 14.8 Å². The number of benzene rings is 2. The highest BCUT2D eigenvalue weighted by Gasteiger charge is 2.25. The van der Waals surface area contributed by atoms with Gasteiger partial charge in [0.25, 0.3) is 0 Å². The summed E-state index contributed by atoms with van der Waals surface area (Å²) >= 11 is 0. The number of amides is 1. The number of aryl methyl sites for hydroxylation is 1. The lowest BCUT2D eigenvalue weighted by atomic mass is 10.2. The van der Waals surface area contributed by atoms with Crippen LogP contribution in [-0.4, -0.2) is 53.0 Å². The van der Waals surface area contributed by atoms with Gasteiger partial charge in [-0.15, -0.1) is 0 Å². The molecule has 8 nitrogen and oxygen atoms in total. The predicted octanol–water partition coefficient (Wildman–Crippen LogP) is 2.12. The topological polar surface area (TPSA) is 94.2 Å². The Balaban J connectivity index is 1.61. The Bertz CT molecular complexity index is 975. The third kappa shape index (κ3) is 5.56. The molecule has 1 N–H and O–H groups in total. The van der Waals surface area contributed by atoms with Crippen molar-refractivity contribution in [1.29, 1.82) is 0 Å². The molecule has 1 aliphatic heterocycles. The van der Waals surface area contributed by atoms with Crippen LogP contribution in [0.3, 0.4) is 0 Å². The number of nitrogens with zero attached hydrogens (tertiary/aromatic N) is 1. The van der Waals surface area contributed by atoms with Crippen LogP contribution in [0.5, 0.6) is 17.2 Å². The second-order valence-electron chi connectivity index (χ2n) is 6.75. The molecule has 162 valence electrons. The predicted molar refractivity (Wildman–Crippen MR) is 114 cm³/mol. The largest absolute Gasteiger partial charge is 0.492 e. The lowest BCUT2D eigenvalue weighted by Gasteiger charge is -2.25. The summed E-state index contributed by atoms with van der Waals surface area (Å²) in [7, 11) is -3.67. The van der Waals surface area contributed by atoms with E-state index in [9.17, 15) is 13.2 Å². The Morgan fingerprint density at radius 2 is 1.80 bits per heavy atom. The molecular weight excluding hydrogens is 408 g/mol. The molecule has 2 aromatic carbocycles. The first-order valence-electron chi connectivity index (χ1n) is 9.75. The normalized spacial score (nSPS) is 12.9. The van der Waals surface area contributed by atoms with Crippen molar-refractivity contribution < 1.29 is 27.4 Å². The molecule has 0 saturated carbocycles. The average Bonchev–Trinajstić information content (AvgIpc) is 2.76. The summed E-state index contributed by atoms with van der Waals surface area (Å²) in [6.45, 7) is 4.55. The molecule has 0 radical (unpaired) electrons. The average molecular weight is 435 g/mol. The van der Waals surface area contributed by atoms with Crippen LogP contribution < -0.4 is 23.8 Å². The van der Waals surface area contributed by atoms with Crippen molar-refractivity contribution in [1.82, 2.24) is 5.32 Å². The number of rotatable bonds is 9. The van der Waals surface area contributed by atoms with Gasteiger partial charge < -0.3 is 19.5 Å². The molecule has 1 amide bonds. The fourth-order valence-electron chi connectivity index (χ4n) is 2.87. The van der Waals surface area contributed by atoms with E-state index in [0.29, 0.717) is 36.1 Å². The Kier molecular flexibility index (Phi) is 7.04. The van der Waals surface area contributed by atoms with Gasteiger partial charge in [0.05, 0.1) is 18.0 Å². The number of hydrogen-bond donors (Lipinski definition) is 1. The van der Waals surface area contributed by atoms with Crippen LogP contribution in [0.4, 0.5) is 5.69 Å². The highest BCUT2D eigenvalue weighted by Crippen LogP contribution is 2.34. The van der Waals surface area contributed by atoms with Gasteiger partial charge in [0.1, 0.15) is 32.1 Å². The molecule has 3 rings (SSSR count). The maximum atomic E-state index is 12.6. The number of fused-ring (bicyclic) bond motifs is 1. The molecule has 0 aromatic heterocycles. The molecule has 2 aromatic rings. The van der Waals surface area contributed by atoms with E-state index in [4.69, 9.17) is 14.2 Å². The van der Waals surface area contributed by atoms with Crippen molar-refractivity contribution in [2.75, 3.05) is 43.0 Å². The molecule has 0 spiro atoms. The lowest BCUT2D eigenvalue weighted by Crippen LogP contribution is -2.42. The molecule has 0 aliphatic carbocycles. The van der Waals surface area contributed by atoms with Gasteiger partial charge in [-0.3, -0.25) is 9.10 Å². The van der Waals surface area contributed by atoms with Gasteiger partial charge in [0.2, 0.25) is 15.9 Å². The van der Waals surface area contributed by atoms with Gasteiger partial charge in [-0.1, -0.05) is 17.7 Å². The number of nitrogens with one attached hydrogen (secondary N) is 1. The Hall–Kier alpha value is -2.94. The third-order valence-corrected chi connectivity index (χ3v) is 6.26. The molecule has 9 heteroatoms. The van der Waals surface area contributed by atoms with Crippen LogP contribution in [0.2, 0.25) is 0 Å². The minimum atomic E-state index is -3.67. The lowest BCUT2D eigenvalue weighted by molar-refractivity contribution is -0.119. The maximum Gasteiger partial charge on any atom is 0.240 e. The highest BCUT2D eigenvalue weighted by molar-refractivity contribution is 7.92. The number of carbonyl (C=O) groups is 1. The number of hydrogen-bond acceptors (Lipinski definition) is 6. The van der Waals surface area contributed by atoms with Crippen molar-refractivity contribution in [3.63, 3.8) is 0 Å². The van der Waals surface area contributed by atoms with Crippen LogP contribution in [0, 0.1) is 6.92 Å². The molecule has 1 heterocycles. The van der Waals surface area contributed by atoms with E-state index < -0.39 is 15.9 Å². The van der Waals surface area contributed by atoms with Crippen molar-refractivity contribution in [3.8, 4) is 17.2 Å². The van der Waals surface area contributed by atoms with E-state index in [0.717, 1.165) is 9.87 Å². The minimum Gasteiger partial charge on any atom is -0.492 e. The van der Waals surface area contributed by atoms with E-state index in [-0.39, 0.29) is 25.4 Å². The van der Waals surface area contributed by atoms with Crippen LogP contribution in [0.25, 0.3) is 0 Å². The zero-order valence-electron chi connectivity index (χ0n) is 17.1. The van der Waals surface area contributed by atoms with E-state index in [2.05, 4.69) is 5.32 Å². The minimum absolute atomic E-state index is 0.134. The van der Waals surface area contributed by atoms with Gasteiger partial charge in [-0.2, -0.15) is 0 Å². The molecule has 1 aliphatic rings. The van der Waals surface area contributed by atoms with Crippen LogP contribution in [0.15, 0.2) is 42.5 Å². The monoisotopic (exact) mass is 434 g/mol. The molecule has 0 atom stereocenters. The molecule has 0 saturated heterocycles. The van der Waals surface area contributed by atoms with E-state index in [1.807, 2.05) is 31.2 Å². The smallest absolute Gasteiger partial charge is 0.240 e. The third-order valence-electron chi connectivity index (χ3n) is 4.52. The molecular formula is C21H26N2O6S. The number of carbonyl (C=O) groups excluding carboxylic acids is 1. The fourth-order valence-corrected chi connectivity index (χ4v) is 3.93. The van der Waals surface area contributed by atoms with E-state index in [1.54, 1.807) is 18.2 Å². The van der Waals surface area contributed by atoms with Gasteiger partial charge >= 0.3 is 0 Å². The second kappa shape index (κ2) is 9.71. The summed E-state index contributed by atoms with van der Waals surface area (Å²) in [5.41, 5.74) is 1.49. The summed E-state index contributed by atoms with van der Waals surface area (Å²) in [5, 5.41) is 2.70. The van der Waals surface area contributed by atoms with Gasteiger partial charge in [-0.25, -0.2) is 8.42 Å². The zero-order chi connectivity index (χ0) is 21.6. The first-order chi connectivity index (χ1) is 14.4. The Morgan fingerprint density at radius 3 is 2.50 bits per heavy atom.